The predicted octanol–water partition coefficient (Wildman–Crippen LogP) is 1.29. The molecule has 0 spiro atoms. The first-order valence-electron chi connectivity index (χ1n) is 5.89. The lowest BCUT2D eigenvalue weighted by Crippen LogP contribution is -2.16. The largest absolute Gasteiger partial charge is 0.481 e. The number of benzene rings is 1. The van der Waals surface area contributed by atoms with Crippen LogP contribution in [0.15, 0.2) is 30.6 Å². The summed E-state index contributed by atoms with van der Waals surface area (Å²) < 4.78 is 0. The Morgan fingerprint density at radius 3 is 2.58 bits per heavy atom. The van der Waals surface area contributed by atoms with Crippen molar-refractivity contribution < 1.29 is 14.7 Å². The Morgan fingerprint density at radius 2 is 1.89 bits per heavy atom. The van der Waals surface area contributed by atoms with E-state index in [9.17, 15) is 9.59 Å². The van der Waals surface area contributed by atoms with Crippen LogP contribution in [0, 0.1) is 11.8 Å². The van der Waals surface area contributed by atoms with E-state index < -0.39 is 17.8 Å². The maximum absolute atomic E-state index is 11.8. The zero-order valence-electron chi connectivity index (χ0n) is 9.91. The maximum atomic E-state index is 11.8. The SMILES string of the molecule is O=C(O)C1CC1C(=O)Nc1ccc2nccnc2c1. The molecule has 1 aromatic heterocycles. The number of nitrogens with zero attached hydrogens (tertiary/aromatic N) is 2. The average Bonchev–Trinajstić information content (AvgIpc) is 3.19. The van der Waals surface area contributed by atoms with Gasteiger partial charge >= 0.3 is 5.97 Å². The number of aromatic nitrogens is 2. The van der Waals surface area contributed by atoms with E-state index in [4.69, 9.17) is 5.11 Å². The van der Waals surface area contributed by atoms with Gasteiger partial charge in [-0.1, -0.05) is 0 Å². The van der Waals surface area contributed by atoms with Crippen molar-refractivity contribution in [3.05, 3.63) is 30.6 Å². The number of fused-ring (bicyclic) bond motifs is 1. The van der Waals surface area contributed by atoms with Gasteiger partial charge in [0.25, 0.3) is 0 Å². The Hall–Kier alpha value is -2.50. The van der Waals surface area contributed by atoms with Crippen LogP contribution < -0.4 is 5.32 Å². The van der Waals surface area contributed by atoms with Gasteiger partial charge in [0.1, 0.15) is 0 Å². The third-order valence-corrected chi connectivity index (χ3v) is 3.18. The van der Waals surface area contributed by atoms with Crippen molar-refractivity contribution in [2.45, 2.75) is 6.42 Å². The molecule has 1 heterocycles. The van der Waals surface area contributed by atoms with Gasteiger partial charge in [-0.2, -0.15) is 0 Å². The van der Waals surface area contributed by atoms with Crippen LogP contribution in [0.2, 0.25) is 0 Å². The highest BCUT2D eigenvalue weighted by atomic mass is 16.4. The monoisotopic (exact) mass is 257 g/mol. The number of rotatable bonds is 3. The number of nitrogens with one attached hydrogen (secondary N) is 1. The number of hydrogen-bond acceptors (Lipinski definition) is 4. The molecular weight excluding hydrogens is 246 g/mol. The number of anilines is 1. The summed E-state index contributed by atoms with van der Waals surface area (Å²) in [6.45, 7) is 0. The molecule has 1 fully saturated rings. The Balaban J connectivity index is 1.75. The zero-order valence-corrected chi connectivity index (χ0v) is 9.91. The van der Waals surface area contributed by atoms with E-state index in [0.717, 1.165) is 5.52 Å². The van der Waals surface area contributed by atoms with Crippen molar-refractivity contribution >= 4 is 28.6 Å². The zero-order chi connectivity index (χ0) is 13.4. The summed E-state index contributed by atoms with van der Waals surface area (Å²) in [5.74, 6) is -2.13. The molecule has 0 radical (unpaired) electrons. The fourth-order valence-corrected chi connectivity index (χ4v) is 2.03. The van der Waals surface area contributed by atoms with Gasteiger partial charge in [0.2, 0.25) is 5.91 Å². The van der Waals surface area contributed by atoms with Crippen molar-refractivity contribution in [1.82, 2.24) is 9.97 Å². The predicted molar refractivity (Wildman–Crippen MR) is 67.4 cm³/mol. The van der Waals surface area contributed by atoms with Crippen molar-refractivity contribution in [2.24, 2.45) is 11.8 Å². The van der Waals surface area contributed by atoms with Crippen molar-refractivity contribution in [3.8, 4) is 0 Å². The van der Waals surface area contributed by atoms with E-state index in [1.165, 1.54) is 0 Å². The molecule has 96 valence electrons. The van der Waals surface area contributed by atoms with Gasteiger partial charge in [-0.25, -0.2) is 0 Å². The fourth-order valence-electron chi connectivity index (χ4n) is 2.03. The van der Waals surface area contributed by atoms with E-state index in [1.54, 1.807) is 30.6 Å². The minimum Gasteiger partial charge on any atom is -0.481 e. The first-order chi connectivity index (χ1) is 9.15. The van der Waals surface area contributed by atoms with E-state index in [2.05, 4.69) is 15.3 Å². The molecule has 2 unspecified atom stereocenters. The van der Waals surface area contributed by atoms with Crippen molar-refractivity contribution in [3.63, 3.8) is 0 Å². The summed E-state index contributed by atoms with van der Waals surface area (Å²) in [6, 6.07) is 5.21. The molecule has 1 aromatic carbocycles. The molecular formula is C13H11N3O3. The van der Waals surface area contributed by atoms with Crippen LogP contribution in [-0.2, 0) is 9.59 Å². The number of carboxylic acid groups (broad SMARTS) is 1. The molecule has 1 aliphatic rings. The molecule has 19 heavy (non-hydrogen) atoms. The maximum Gasteiger partial charge on any atom is 0.307 e. The molecule has 1 aliphatic carbocycles. The van der Waals surface area contributed by atoms with Crippen LogP contribution in [0.1, 0.15) is 6.42 Å². The standard InChI is InChI=1S/C13H11N3O3/c17-12(8-6-9(8)13(18)19)16-7-1-2-10-11(5-7)15-4-3-14-10/h1-5,8-9H,6H2,(H,16,17)(H,18,19). The normalized spacial score (nSPS) is 21.1. The quantitative estimate of drug-likeness (QED) is 0.864. The Labute approximate surface area is 108 Å². The van der Waals surface area contributed by atoms with E-state index in [-0.39, 0.29) is 5.91 Å². The highest BCUT2D eigenvalue weighted by Gasteiger charge is 2.48. The number of aliphatic carboxylic acids is 1. The van der Waals surface area contributed by atoms with Crippen LogP contribution in [0.25, 0.3) is 11.0 Å². The highest BCUT2D eigenvalue weighted by Crippen LogP contribution is 2.39. The third kappa shape index (κ3) is 2.24. The molecule has 1 amide bonds. The second kappa shape index (κ2) is 4.31. The van der Waals surface area contributed by atoms with Gasteiger partial charge in [0.15, 0.2) is 0 Å². The summed E-state index contributed by atoms with van der Waals surface area (Å²) in [4.78, 5) is 30.8. The second-order valence-electron chi connectivity index (χ2n) is 4.54. The van der Waals surface area contributed by atoms with Gasteiger partial charge in [-0.3, -0.25) is 19.6 Å². The van der Waals surface area contributed by atoms with E-state index in [1.807, 2.05) is 0 Å². The van der Waals surface area contributed by atoms with Gasteiger partial charge in [-0.15, -0.1) is 0 Å². The summed E-state index contributed by atoms with van der Waals surface area (Å²) in [5, 5.41) is 11.5. The molecule has 1 saturated carbocycles. The number of amides is 1. The molecule has 2 atom stereocenters. The van der Waals surface area contributed by atoms with Crippen LogP contribution in [0.5, 0.6) is 0 Å². The smallest absolute Gasteiger partial charge is 0.307 e. The molecule has 2 aromatic rings. The van der Waals surface area contributed by atoms with Crippen LogP contribution in [-0.4, -0.2) is 27.0 Å². The topological polar surface area (TPSA) is 92.2 Å². The Bertz CT molecular complexity index is 671. The summed E-state index contributed by atoms with van der Waals surface area (Å²) >= 11 is 0. The van der Waals surface area contributed by atoms with E-state index in [0.29, 0.717) is 17.6 Å². The van der Waals surface area contributed by atoms with Crippen LogP contribution >= 0.6 is 0 Å². The lowest BCUT2D eigenvalue weighted by molar-refractivity contribution is -0.139. The molecule has 0 aliphatic heterocycles. The highest BCUT2D eigenvalue weighted by molar-refractivity contribution is 5.99. The fraction of sp³-hybridized carbons (Fsp3) is 0.231. The molecule has 6 nitrogen and oxygen atoms in total. The minimum absolute atomic E-state index is 0.254. The molecule has 0 bridgehead atoms. The molecule has 0 saturated heterocycles. The van der Waals surface area contributed by atoms with Gasteiger partial charge in [0, 0.05) is 18.1 Å². The first-order valence-corrected chi connectivity index (χ1v) is 5.89. The van der Waals surface area contributed by atoms with Gasteiger partial charge in [-0.05, 0) is 24.6 Å². The molecule has 2 N–H and O–H groups in total. The van der Waals surface area contributed by atoms with Crippen LogP contribution in [0.4, 0.5) is 5.69 Å². The first kappa shape index (κ1) is 11.6. The molecule has 3 rings (SSSR count). The van der Waals surface area contributed by atoms with Crippen molar-refractivity contribution in [2.75, 3.05) is 5.32 Å². The summed E-state index contributed by atoms with van der Waals surface area (Å²) in [6.07, 6.45) is 3.59. The lowest BCUT2D eigenvalue weighted by Gasteiger charge is -2.05. The summed E-state index contributed by atoms with van der Waals surface area (Å²) in [7, 11) is 0. The number of carboxylic acids is 1. The number of hydrogen-bond donors (Lipinski definition) is 2. The van der Waals surface area contributed by atoms with Crippen LogP contribution in [0.3, 0.4) is 0 Å². The lowest BCUT2D eigenvalue weighted by atomic mass is 10.2. The average molecular weight is 257 g/mol. The number of carbonyl (C=O) groups excluding carboxylic acids is 1. The molecule has 6 heteroatoms. The Kier molecular flexibility index (Phi) is 2.63. The Morgan fingerprint density at radius 1 is 1.16 bits per heavy atom. The van der Waals surface area contributed by atoms with Gasteiger partial charge in [0.05, 0.1) is 22.9 Å². The summed E-state index contributed by atoms with van der Waals surface area (Å²) in [5.41, 5.74) is 2.04. The third-order valence-electron chi connectivity index (χ3n) is 3.18. The van der Waals surface area contributed by atoms with Crippen molar-refractivity contribution in [1.29, 1.82) is 0 Å². The number of carbonyl (C=O) groups is 2. The second-order valence-corrected chi connectivity index (χ2v) is 4.54. The van der Waals surface area contributed by atoms with Gasteiger partial charge < -0.3 is 10.4 Å². The minimum atomic E-state index is -0.912. The van der Waals surface area contributed by atoms with E-state index >= 15 is 0 Å².